The second-order valence-corrected chi connectivity index (χ2v) is 4.10. The van der Waals surface area contributed by atoms with Gasteiger partial charge in [0.05, 0.1) is 0 Å². The summed E-state index contributed by atoms with van der Waals surface area (Å²) in [6, 6.07) is 0. The maximum absolute atomic E-state index is 2.44. The molecule has 2 bridgehead atoms. The van der Waals surface area contributed by atoms with Crippen molar-refractivity contribution in [1.82, 2.24) is 0 Å². The molecule has 3 atom stereocenters. The van der Waals surface area contributed by atoms with Gasteiger partial charge in [0, 0.05) is 0 Å². The monoisotopic (exact) mass is 136 g/mol. The first kappa shape index (κ1) is 6.45. The fourth-order valence-electron chi connectivity index (χ4n) is 2.62. The lowest BCUT2D eigenvalue weighted by atomic mass is 9.72. The summed E-state index contributed by atoms with van der Waals surface area (Å²) in [5.74, 6) is 2.98. The predicted molar refractivity (Wildman–Crippen MR) is 43.8 cm³/mol. The third-order valence-electron chi connectivity index (χ3n) is 2.95. The van der Waals surface area contributed by atoms with Crippen LogP contribution in [-0.4, -0.2) is 0 Å². The van der Waals surface area contributed by atoms with E-state index in [1.165, 1.54) is 25.7 Å². The highest BCUT2D eigenvalue weighted by Gasteiger charge is 2.26. The maximum atomic E-state index is 2.44. The highest BCUT2D eigenvalue weighted by Crippen LogP contribution is 2.38. The van der Waals surface area contributed by atoms with Crippen molar-refractivity contribution in [2.75, 3.05) is 0 Å². The summed E-state index contributed by atoms with van der Waals surface area (Å²) in [6.07, 6.45) is 10.6. The van der Waals surface area contributed by atoms with Crippen LogP contribution in [0.15, 0.2) is 12.2 Å². The highest BCUT2D eigenvalue weighted by atomic mass is 14.3. The number of allylic oxidation sites excluding steroid dienone is 2. The van der Waals surface area contributed by atoms with Crippen molar-refractivity contribution in [3.05, 3.63) is 12.2 Å². The van der Waals surface area contributed by atoms with Gasteiger partial charge in [-0.3, -0.25) is 0 Å². The van der Waals surface area contributed by atoms with E-state index in [0.717, 1.165) is 17.8 Å². The van der Waals surface area contributed by atoms with Crippen LogP contribution >= 0.6 is 0 Å². The Hall–Kier alpha value is -0.260. The number of hydrogen-bond acceptors (Lipinski definition) is 0. The summed E-state index contributed by atoms with van der Waals surface area (Å²) in [5, 5.41) is 0. The van der Waals surface area contributed by atoms with Crippen LogP contribution in [0.1, 0.15) is 32.6 Å². The highest BCUT2D eigenvalue weighted by molar-refractivity contribution is 4.99. The quantitative estimate of drug-likeness (QED) is 0.449. The van der Waals surface area contributed by atoms with Gasteiger partial charge >= 0.3 is 0 Å². The van der Waals surface area contributed by atoms with E-state index in [2.05, 4.69) is 19.1 Å². The minimum absolute atomic E-state index is 0.947. The van der Waals surface area contributed by atoms with Crippen molar-refractivity contribution in [2.24, 2.45) is 17.8 Å². The Balaban J connectivity index is 2.09. The maximum Gasteiger partial charge on any atom is -0.0228 e. The number of fused-ring (bicyclic) bond motifs is 2. The molecule has 0 N–H and O–H groups in total. The molecule has 10 heavy (non-hydrogen) atoms. The molecule has 2 aliphatic rings. The van der Waals surface area contributed by atoms with Crippen LogP contribution < -0.4 is 0 Å². The van der Waals surface area contributed by atoms with Gasteiger partial charge in [0.1, 0.15) is 0 Å². The third kappa shape index (κ3) is 1.12. The van der Waals surface area contributed by atoms with Crippen molar-refractivity contribution < 1.29 is 0 Å². The van der Waals surface area contributed by atoms with Crippen LogP contribution in [0.5, 0.6) is 0 Å². The molecule has 2 aliphatic carbocycles. The standard InChI is InChI=1S/C10H16/c1-8-5-9-3-2-4-10(6-8)7-9/h2-3,8-10H,4-7H2,1H3. The minimum atomic E-state index is 0.947. The molecule has 3 unspecified atom stereocenters. The Morgan fingerprint density at radius 2 is 2.10 bits per heavy atom. The van der Waals surface area contributed by atoms with E-state index in [0.29, 0.717) is 0 Å². The summed E-state index contributed by atoms with van der Waals surface area (Å²) in [6.45, 7) is 2.40. The largest absolute Gasteiger partial charge is 0.0880 e. The molecule has 0 aromatic heterocycles. The molecule has 0 heteroatoms. The molecule has 2 rings (SSSR count). The Bertz CT molecular complexity index is 146. The van der Waals surface area contributed by atoms with Crippen LogP contribution in [-0.2, 0) is 0 Å². The van der Waals surface area contributed by atoms with Crippen LogP contribution in [0.3, 0.4) is 0 Å². The van der Waals surface area contributed by atoms with Gasteiger partial charge in [0.2, 0.25) is 0 Å². The third-order valence-corrected chi connectivity index (χ3v) is 2.95. The van der Waals surface area contributed by atoms with E-state index in [1.54, 1.807) is 0 Å². The lowest BCUT2D eigenvalue weighted by molar-refractivity contribution is 0.227. The molecule has 0 spiro atoms. The Morgan fingerprint density at radius 3 is 2.90 bits per heavy atom. The summed E-state index contributed by atoms with van der Waals surface area (Å²) < 4.78 is 0. The lowest BCUT2D eigenvalue weighted by Crippen LogP contribution is -2.22. The van der Waals surface area contributed by atoms with Crippen LogP contribution in [0.4, 0.5) is 0 Å². The van der Waals surface area contributed by atoms with E-state index in [-0.39, 0.29) is 0 Å². The van der Waals surface area contributed by atoms with E-state index < -0.39 is 0 Å². The van der Waals surface area contributed by atoms with Gasteiger partial charge in [-0.25, -0.2) is 0 Å². The van der Waals surface area contributed by atoms with Gasteiger partial charge in [-0.05, 0) is 43.4 Å². The van der Waals surface area contributed by atoms with Crippen molar-refractivity contribution in [3.8, 4) is 0 Å². The molecule has 0 saturated heterocycles. The van der Waals surface area contributed by atoms with E-state index in [1.807, 2.05) is 0 Å². The Morgan fingerprint density at radius 1 is 1.20 bits per heavy atom. The van der Waals surface area contributed by atoms with Gasteiger partial charge in [0.15, 0.2) is 0 Å². The van der Waals surface area contributed by atoms with Crippen LogP contribution in [0.2, 0.25) is 0 Å². The van der Waals surface area contributed by atoms with Gasteiger partial charge < -0.3 is 0 Å². The first-order valence-corrected chi connectivity index (χ1v) is 4.51. The zero-order valence-electron chi connectivity index (χ0n) is 6.72. The topological polar surface area (TPSA) is 0 Å². The van der Waals surface area contributed by atoms with Crippen molar-refractivity contribution in [2.45, 2.75) is 32.6 Å². The SMILES string of the molecule is CC1CC2C=CCC(C1)C2. The zero-order chi connectivity index (χ0) is 6.97. The lowest BCUT2D eigenvalue weighted by Gasteiger charge is -2.34. The van der Waals surface area contributed by atoms with Gasteiger partial charge in [-0.1, -0.05) is 19.1 Å². The normalized spacial score (nSPS) is 45.5. The number of rotatable bonds is 0. The fraction of sp³-hybridized carbons (Fsp3) is 0.800. The predicted octanol–water partition coefficient (Wildman–Crippen LogP) is 3.00. The average Bonchev–Trinajstić information content (AvgIpc) is 1.85. The fourth-order valence-corrected chi connectivity index (χ4v) is 2.62. The van der Waals surface area contributed by atoms with Crippen molar-refractivity contribution >= 4 is 0 Å². The smallest absolute Gasteiger partial charge is 0.0228 e. The summed E-state index contributed by atoms with van der Waals surface area (Å²) >= 11 is 0. The molecule has 0 aromatic rings. The van der Waals surface area contributed by atoms with E-state index in [9.17, 15) is 0 Å². The Kier molecular flexibility index (Phi) is 1.55. The first-order chi connectivity index (χ1) is 4.84. The molecular formula is C10H16. The van der Waals surface area contributed by atoms with E-state index in [4.69, 9.17) is 0 Å². The van der Waals surface area contributed by atoms with Gasteiger partial charge in [0.25, 0.3) is 0 Å². The molecule has 0 aliphatic heterocycles. The molecule has 56 valence electrons. The molecule has 1 saturated carbocycles. The van der Waals surface area contributed by atoms with Gasteiger partial charge in [-0.2, -0.15) is 0 Å². The van der Waals surface area contributed by atoms with Crippen LogP contribution in [0, 0.1) is 17.8 Å². The minimum Gasteiger partial charge on any atom is -0.0880 e. The Labute approximate surface area is 63.3 Å². The van der Waals surface area contributed by atoms with E-state index >= 15 is 0 Å². The average molecular weight is 136 g/mol. The molecule has 0 nitrogen and oxygen atoms in total. The molecule has 0 radical (unpaired) electrons. The second kappa shape index (κ2) is 2.41. The van der Waals surface area contributed by atoms with Crippen LogP contribution in [0.25, 0.3) is 0 Å². The van der Waals surface area contributed by atoms with Crippen molar-refractivity contribution in [1.29, 1.82) is 0 Å². The first-order valence-electron chi connectivity index (χ1n) is 4.51. The molecule has 0 amide bonds. The molecule has 1 fully saturated rings. The van der Waals surface area contributed by atoms with Crippen molar-refractivity contribution in [3.63, 3.8) is 0 Å². The molecule has 0 aromatic carbocycles. The molecule has 0 heterocycles. The number of hydrogen-bond donors (Lipinski definition) is 0. The zero-order valence-corrected chi connectivity index (χ0v) is 6.72. The molecular weight excluding hydrogens is 120 g/mol. The summed E-state index contributed by atoms with van der Waals surface area (Å²) in [4.78, 5) is 0. The summed E-state index contributed by atoms with van der Waals surface area (Å²) in [7, 11) is 0. The van der Waals surface area contributed by atoms with Gasteiger partial charge in [-0.15, -0.1) is 0 Å². The summed E-state index contributed by atoms with van der Waals surface area (Å²) in [5.41, 5.74) is 0. The second-order valence-electron chi connectivity index (χ2n) is 4.10.